The van der Waals surface area contributed by atoms with Gasteiger partial charge in [-0.3, -0.25) is 11.8 Å². The van der Waals surface area contributed by atoms with Crippen LogP contribution in [0.4, 0.5) is 0 Å². The maximum Gasteiger partial charge on any atom is 1.00 e. The first-order chi connectivity index (χ1) is 40.1. The second kappa shape index (κ2) is 27.0. The van der Waals surface area contributed by atoms with Gasteiger partial charge in [0.25, 0.3) is 0 Å². The predicted octanol–water partition coefficient (Wildman–Crippen LogP) is 16.6. The van der Waals surface area contributed by atoms with Crippen molar-refractivity contribution in [2.75, 3.05) is 5.90 Å². The largest absolute Gasteiger partial charge is 1.00 e. The van der Waals surface area contributed by atoms with E-state index in [-0.39, 0.29) is 55.6 Å². The van der Waals surface area contributed by atoms with Crippen LogP contribution in [0.1, 0.15) is 55.6 Å². The van der Waals surface area contributed by atoms with Crippen molar-refractivity contribution in [1.82, 2.24) is 0 Å². The SMILES string of the molecule is [Au+].[Au+].[C-]#Cc1ccc2c(c1)C(c1ccccc1)(c1ccccc1)c1ccccc1-2.[C-]#Cc1ccc2c(c1)C(c1ccccc1)(c1ccccc1)c1ccccc1-2.c1ccc([PH+](C[PH+](c2ccccc2)c2ccccc2)c2ccccc2)cc1. The Morgan fingerprint density at radius 3 is 0.747 bits per heavy atom. The minimum atomic E-state index is -0.847. The molecule has 0 bridgehead atoms. The number of hydrogen-bond acceptors (Lipinski definition) is 0. The molecule has 0 aromatic heterocycles. The third kappa shape index (κ3) is 11.4. The minimum absolute atomic E-state index is 0. The van der Waals surface area contributed by atoms with E-state index in [1.165, 1.54) is 93.9 Å². The van der Waals surface area contributed by atoms with Gasteiger partial charge in [-0.2, -0.15) is 0 Å². The Morgan fingerprint density at radius 1 is 0.253 bits per heavy atom. The molecule has 12 aromatic carbocycles. The Hall–Kier alpha value is -7.90. The van der Waals surface area contributed by atoms with Crippen molar-refractivity contribution in [2.45, 2.75) is 10.8 Å². The zero-order chi connectivity index (χ0) is 54.9. The Labute approximate surface area is 524 Å². The fourth-order valence-corrected chi connectivity index (χ4v) is 20.2. The van der Waals surface area contributed by atoms with Crippen LogP contribution in [0, 0.1) is 24.7 Å². The van der Waals surface area contributed by atoms with E-state index in [1.807, 2.05) is 12.1 Å². The van der Waals surface area contributed by atoms with Crippen LogP contribution in [0.5, 0.6) is 0 Å². The maximum absolute atomic E-state index is 7.66. The first-order valence-electron chi connectivity index (χ1n) is 27.6. The molecular formula is C79H58Au2P2+2. The number of benzene rings is 12. The molecule has 0 unspecified atom stereocenters. The number of rotatable bonds is 10. The summed E-state index contributed by atoms with van der Waals surface area (Å²) in [6, 6.07) is 117. The molecule has 0 amide bonds. The van der Waals surface area contributed by atoms with E-state index in [9.17, 15) is 0 Å². The molecule has 0 fully saturated rings. The fraction of sp³-hybridized carbons (Fsp3) is 0.0380. The van der Waals surface area contributed by atoms with Crippen molar-refractivity contribution >= 4 is 37.1 Å². The van der Waals surface area contributed by atoms with Crippen LogP contribution in [-0.4, -0.2) is 5.90 Å². The van der Waals surface area contributed by atoms with Gasteiger partial charge in [-0.05, 0) is 115 Å². The fourth-order valence-electron chi connectivity index (χ4n) is 12.5. The molecule has 4 heteroatoms. The van der Waals surface area contributed by atoms with Gasteiger partial charge in [0.05, 0.1) is 10.8 Å². The zero-order valence-electron chi connectivity index (χ0n) is 45.5. The summed E-state index contributed by atoms with van der Waals surface area (Å²) in [6.45, 7) is 0. The molecule has 0 aliphatic heterocycles. The molecule has 0 saturated heterocycles. The van der Waals surface area contributed by atoms with Gasteiger partial charge >= 0.3 is 44.8 Å². The van der Waals surface area contributed by atoms with Gasteiger partial charge in [0.15, 0.2) is 5.90 Å². The zero-order valence-corrected chi connectivity index (χ0v) is 51.8. The summed E-state index contributed by atoms with van der Waals surface area (Å²) in [5.74, 6) is 6.40. The summed E-state index contributed by atoms with van der Waals surface area (Å²) < 4.78 is 0. The predicted molar refractivity (Wildman–Crippen MR) is 346 cm³/mol. The van der Waals surface area contributed by atoms with Crippen LogP contribution in [-0.2, 0) is 55.6 Å². The molecule has 14 rings (SSSR count). The van der Waals surface area contributed by atoms with Crippen LogP contribution in [0.3, 0.4) is 0 Å². The van der Waals surface area contributed by atoms with Gasteiger partial charge in [-0.1, -0.05) is 255 Å². The van der Waals surface area contributed by atoms with Crippen molar-refractivity contribution in [3.8, 4) is 34.1 Å². The summed E-state index contributed by atoms with van der Waals surface area (Å²) in [5.41, 5.74) is 15.8. The van der Waals surface area contributed by atoms with E-state index in [1.54, 1.807) is 0 Å². The average molecular weight is 1460 g/mol. The minimum Gasteiger partial charge on any atom is -0.366 e. The average Bonchev–Trinajstić information content (AvgIpc) is 1.84. The number of fused-ring (bicyclic) bond motifs is 6. The van der Waals surface area contributed by atoms with Crippen molar-refractivity contribution in [3.63, 3.8) is 0 Å². The third-order valence-electron chi connectivity index (χ3n) is 16.0. The second-order valence-corrected chi connectivity index (χ2v) is 26.1. The Morgan fingerprint density at radius 2 is 0.482 bits per heavy atom. The molecule has 2 aliphatic rings. The molecule has 404 valence electrons. The van der Waals surface area contributed by atoms with E-state index >= 15 is 0 Å². The maximum atomic E-state index is 7.66. The Balaban J connectivity index is 0.000000137. The third-order valence-corrected chi connectivity index (χ3v) is 23.0. The van der Waals surface area contributed by atoms with Crippen LogP contribution < -0.4 is 21.2 Å². The van der Waals surface area contributed by atoms with Gasteiger partial charge in [0.1, 0.15) is 37.1 Å². The van der Waals surface area contributed by atoms with E-state index in [2.05, 4.69) is 327 Å². The van der Waals surface area contributed by atoms with Crippen molar-refractivity contribution < 1.29 is 44.8 Å². The van der Waals surface area contributed by atoms with Crippen LogP contribution in [0.25, 0.3) is 22.3 Å². The van der Waals surface area contributed by atoms with Gasteiger partial charge in [-0.15, -0.1) is 35.4 Å². The second-order valence-electron chi connectivity index (χ2n) is 20.4. The molecule has 12 aromatic rings. The van der Waals surface area contributed by atoms with E-state index in [0.29, 0.717) is 0 Å². The van der Waals surface area contributed by atoms with E-state index < -0.39 is 15.8 Å². The van der Waals surface area contributed by atoms with Gasteiger partial charge in [-0.25, -0.2) is 0 Å². The first kappa shape index (κ1) is 58.3. The molecule has 0 N–H and O–H groups in total. The van der Waals surface area contributed by atoms with Crippen molar-refractivity contribution in [3.05, 3.63) is 396 Å². The van der Waals surface area contributed by atoms with Crippen molar-refractivity contribution in [2.24, 2.45) is 0 Å². The first-order valence-corrected chi connectivity index (χ1v) is 31.0. The van der Waals surface area contributed by atoms with Crippen molar-refractivity contribution in [1.29, 1.82) is 0 Å². The van der Waals surface area contributed by atoms with E-state index in [0.717, 1.165) is 11.1 Å². The van der Waals surface area contributed by atoms with E-state index in [4.69, 9.17) is 12.8 Å². The molecule has 2 aliphatic carbocycles. The summed E-state index contributed by atoms with van der Waals surface area (Å²) in [7, 11) is -1.69. The molecule has 0 heterocycles. The molecule has 83 heavy (non-hydrogen) atoms. The number of hydrogen-bond donors (Lipinski definition) is 0. The Bertz CT molecular complexity index is 3710. The van der Waals surface area contributed by atoms with Gasteiger partial charge in [0.2, 0.25) is 0 Å². The van der Waals surface area contributed by atoms with Crippen LogP contribution >= 0.6 is 15.8 Å². The standard InChI is InChI=1S/2C27H17.C25H22P2.2Au/c2*1-2-20-17-18-24-23-15-9-10-16-25(23)27(26(24)19-20,21-11-5-3-6-12-21)22-13-7-4-8-14-22;1-5-13-22(14-6-1)26(23-15-7-2-8-16-23)21-27(24-17-9-3-10-18-24)25-19-11-4-12-20-25;;/h2*3-19H;1-20H,21H2;;/q2*-1;;2*+1/p+2. The van der Waals surface area contributed by atoms with Gasteiger partial charge in [0, 0.05) is 0 Å². The topological polar surface area (TPSA) is 0 Å². The molecule has 0 nitrogen and oxygen atoms in total. The normalized spacial score (nSPS) is 12.3. The summed E-state index contributed by atoms with van der Waals surface area (Å²) in [6.07, 6.45) is 15.3. The molecule has 0 atom stereocenters. The summed E-state index contributed by atoms with van der Waals surface area (Å²) >= 11 is 0. The van der Waals surface area contributed by atoms with Crippen LogP contribution in [0.15, 0.2) is 328 Å². The Kier molecular flexibility index (Phi) is 19.0. The quantitative estimate of drug-likeness (QED) is 0.0554. The van der Waals surface area contributed by atoms with Crippen LogP contribution in [0.2, 0.25) is 0 Å². The molecule has 0 spiro atoms. The summed E-state index contributed by atoms with van der Waals surface area (Å²) in [4.78, 5) is 0. The molecule has 0 saturated carbocycles. The van der Waals surface area contributed by atoms with Gasteiger partial charge < -0.3 is 12.8 Å². The molecule has 0 radical (unpaired) electrons. The monoisotopic (exact) mass is 1460 g/mol. The summed E-state index contributed by atoms with van der Waals surface area (Å²) in [5, 5.41) is 6.01. The molecular weight excluding hydrogens is 1400 g/mol. The smallest absolute Gasteiger partial charge is 0.366 e.